The molecule has 2 aromatic carbocycles. The van der Waals surface area contributed by atoms with Crippen molar-refractivity contribution in [2.75, 3.05) is 16.8 Å². The molecule has 4 rings (SSSR count). The van der Waals surface area contributed by atoms with Crippen molar-refractivity contribution in [3.63, 3.8) is 0 Å². The monoisotopic (exact) mass is 394 g/mol. The Morgan fingerprint density at radius 3 is 2.48 bits per heavy atom. The van der Waals surface area contributed by atoms with Gasteiger partial charge in [0.2, 0.25) is 11.8 Å². The first-order valence-corrected chi connectivity index (χ1v) is 8.95. The molecule has 3 aromatic rings. The minimum absolute atomic E-state index is 0.0101. The molecule has 6 nitrogen and oxygen atoms in total. The van der Waals surface area contributed by atoms with Gasteiger partial charge in [-0.3, -0.25) is 9.59 Å². The summed E-state index contributed by atoms with van der Waals surface area (Å²) in [6, 6.07) is 12.4. The summed E-state index contributed by atoms with van der Waals surface area (Å²) < 4.78 is 27.1. The van der Waals surface area contributed by atoms with Crippen molar-refractivity contribution in [2.45, 2.75) is 6.42 Å². The molecule has 2 amide bonds. The van der Waals surface area contributed by atoms with Crippen molar-refractivity contribution in [3.05, 3.63) is 72.6 Å². The number of nitrogens with one attached hydrogen (secondary N) is 1. The third-order valence-electron chi connectivity index (χ3n) is 4.65. The molecule has 1 fully saturated rings. The molecule has 1 atom stereocenters. The Balaban J connectivity index is 1.43. The first kappa shape index (κ1) is 18.7. The fraction of sp³-hybridized carbons (Fsp3) is 0.143. The maximum Gasteiger partial charge on any atom is 0.229 e. The number of rotatable bonds is 4. The molecule has 0 aliphatic carbocycles. The van der Waals surface area contributed by atoms with Gasteiger partial charge in [-0.2, -0.15) is 0 Å². The van der Waals surface area contributed by atoms with Gasteiger partial charge in [0, 0.05) is 24.6 Å². The van der Waals surface area contributed by atoms with Crippen molar-refractivity contribution in [3.8, 4) is 11.4 Å². The first-order chi connectivity index (χ1) is 14.0. The highest BCUT2D eigenvalue weighted by Gasteiger charge is 2.36. The summed E-state index contributed by atoms with van der Waals surface area (Å²) in [5.41, 5.74) is 1.21. The van der Waals surface area contributed by atoms with Crippen LogP contribution in [0.1, 0.15) is 6.42 Å². The number of carbonyl (C=O) groups excluding carboxylic acids is 2. The molecule has 1 aromatic heterocycles. The maximum atomic E-state index is 14.0. The SMILES string of the molecule is O=C(Nc1cnc(-c2ccccc2)nc1)C1CC(=O)N(c2ccc(F)cc2F)C1. The van der Waals surface area contributed by atoms with Gasteiger partial charge >= 0.3 is 0 Å². The van der Waals surface area contributed by atoms with E-state index < -0.39 is 23.5 Å². The highest BCUT2D eigenvalue weighted by molar-refractivity contribution is 6.03. The van der Waals surface area contributed by atoms with Gasteiger partial charge in [-0.05, 0) is 12.1 Å². The van der Waals surface area contributed by atoms with Crippen molar-refractivity contribution in [1.82, 2.24) is 9.97 Å². The third-order valence-corrected chi connectivity index (χ3v) is 4.65. The second kappa shape index (κ2) is 7.75. The maximum absolute atomic E-state index is 14.0. The summed E-state index contributed by atoms with van der Waals surface area (Å²) in [7, 11) is 0. The normalized spacial score (nSPS) is 16.1. The van der Waals surface area contributed by atoms with E-state index in [0.29, 0.717) is 17.6 Å². The van der Waals surface area contributed by atoms with Crippen LogP contribution in [-0.4, -0.2) is 28.3 Å². The van der Waals surface area contributed by atoms with Crippen LogP contribution in [0.5, 0.6) is 0 Å². The molecule has 1 saturated heterocycles. The van der Waals surface area contributed by atoms with Gasteiger partial charge in [-0.25, -0.2) is 18.7 Å². The quantitative estimate of drug-likeness (QED) is 0.736. The standard InChI is InChI=1S/C21H16F2N4O2/c22-15-6-7-18(17(23)9-15)27-12-14(8-19(27)28)21(29)26-16-10-24-20(25-11-16)13-4-2-1-3-5-13/h1-7,9-11,14H,8,12H2,(H,26,29). The molecule has 0 bridgehead atoms. The van der Waals surface area contributed by atoms with Crippen LogP contribution in [0.3, 0.4) is 0 Å². The summed E-state index contributed by atoms with van der Waals surface area (Å²) in [4.78, 5) is 34.4. The predicted octanol–water partition coefficient (Wildman–Crippen LogP) is 3.41. The molecule has 0 saturated carbocycles. The van der Waals surface area contributed by atoms with E-state index in [1.165, 1.54) is 18.5 Å². The van der Waals surface area contributed by atoms with E-state index in [-0.39, 0.29) is 24.6 Å². The van der Waals surface area contributed by atoms with Crippen LogP contribution in [-0.2, 0) is 9.59 Å². The summed E-state index contributed by atoms with van der Waals surface area (Å²) in [6.07, 6.45) is 2.91. The number of carbonyl (C=O) groups is 2. The van der Waals surface area contributed by atoms with Crippen LogP contribution in [0.4, 0.5) is 20.2 Å². The molecule has 29 heavy (non-hydrogen) atoms. The molecular formula is C21H16F2N4O2. The Morgan fingerprint density at radius 1 is 1.07 bits per heavy atom. The fourth-order valence-electron chi connectivity index (χ4n) is 3.19. The molecule has 2 heterocycles. The van der Waals surface area contributed by atoms with Crippen LogP contribution < -0.4 is 10.2 Å². The van der Waals surface area contributed by atoms with Gasteiger partial charge in [0.25, 0.3) is 0 Å². The number of hydrogen-bond donors (Lipinski definition) is 1. The Labute approximate surface area is 165 Å². The lowest BCUT2D eigenvalue weighted by atomic mass is 10.1. The molecule has 0 radical (unpaired) electrons. The molecule has 8 heteroatoms. The van der Waals surface area contributed by atoms with E-state index >= 15 is 0 Å². The molecule has 1 N–H and O–H groups in total. The van der Waals surface area contributed by atoms with Crippen molar-refractivity contribution < 1.29 is 18.4 Å². The van der Waals surface area contributed by atoms with Gasteiger partial charge in [-0.15, -0.1) is 0 Å². The summed E-state index contributed by atoms with van der Waals surface area (Å²) in [5, 5.41) is 2.68. The second-order valence-electron chi connectivity index (χ2n) is 6.65. The Hall–Kier alpha value is -3.68. The number of nitrogens with zero attached hydrogens (tertiary/aromatic N) is 3. The lowest BCUT2D eigenvalue weighted by Gasteiger charge is -2.17. The Kier molecular flexibility index (Phi) is 4.99. The van der Waals surface area contributed by atoms with Gasteiger partial charge in [-0.1, -0.05) is 30.3 Å². The minimum atomic E-state index is -0.843. The smallest absolute Gasteiger partial charge is 0.229 e. The highest BCUT2D eigenvalue weighted by atomic mass is 19.1. The number of amides is 2. The zero-order valence-corrected chi connectivity index (χ0v) is 15.2. The minimum Gasteiger partial charge on any atom is -0.323 e. The molecule has 1 aliphatic heterocycles. The summed E-state index contributed by atoms with van der Waals surface area (Å²) >= 11 is 0. The highest BCUT2D eigenvalue weighted by Crippen LogP contribution is 2.28. The van der Waals surface area contributed by atoms with Crippen LogP contribution >= 0.6 is 0 Å². The number of anilines is 2. The van der Waals surface area contributed by atoms with Crippen LogP contribution in [0.15, 0.2) is 60.9 Å². The van der Waals surface area contributed by atoms with E-state index in [1.54, 1.807) is 0 Å². The third kappa shape index (κ3) is 3.96. The Bertz CT molecular complexity index is 1060. The van der Waals surface area contributed by atoms with E-state index in [9.17, 15) is 18.4 Å². The Morgan fingerprint density at radius 2 is 1.79 bits per heavy atom. The molecule has 0 spiro atoms. The second-order valence-corrected chi connectivity index (χ2v) is 6.65. The van der Waals surface area contributed by atoms with Crippen LogP contribution in [0, 0.1) is 17.6 Å². The van der Waals surface area contributed by atoms with Gasteiger partial charge < -0.3 is 10.2 Å². The number of halogens is 2. The van der Waals surface area contributed by atoms with E-state index in [4.69, 9.17) is 0 Å². The summed E-state index contributed by atoms with van der Waals surface area (Å²) in [6.45, 7) is 0.0101. The average molecular weight is 394 g/mol. The summed E-state index contributed by atoms with van der Waals surface area (Å²) in [5.74, 6) is -2.50. The predicted molar refractivity (Wildman–Crippen MR) is 103 cm³/mol. The van der Waals surface area contributed by atoms with Crippen molar-refractivity contribution in [1.29, 1.82) is 0 Å². The number of benzene rings is 2. The lowest BCUT2D eigenvalue weighted by molar-refractivity contribution is -0.122. The van der Waals surface area contributed by atoms with E-state index in [1.807, 2.05) is 30.3 Å². The van der Waals surface area contributed by atoms with Gasteiger partial charge in [0.05, 0.1) is 29.7 Å². The molecule has 1 unspecified atom stereocenters. The molecular weight excluding hydrogens is 378 g/mol. The first-order valence-electron chi connectivity index (χ1n) is 8.95. The zero-order valence-electron chi connectivity index (χ0n) is 15.2. The van der Waals surface area contributed by atoms with Crippen LogP contribution in [0.25, 0.3) is 11.4 Å². The van der Waals surface area contributed by atoms with Gasteiger partial charge in [0.1, 0.15) is 11.6 Å². The number of hydrogen-bond acceptors (Lipinski definition) is 4. The lowest BCUT2D eigenvalue weighted by Crippen LogP contribution is -2.28. The van der Waals surface area contributed by atoms with Gasteiger partial charge in [0.15, 0.2) is 5.82 Å². The van der Waals surface area contributed by atoms with Crippen molar-refractivity contribution >= 4 is 23.2 Å². The van der Waals surface area contributed by atoms with E-state index in [0.717, 1.165) is 16.5 Å². The average Bonchev–Trinajstić information content (AvgIpc) is 3.11. The van der Waals surface area contributed by atoms with E-state index in [2.05, 4.69) is 15.3 Å². The van der Waals surface area contributed by atoms with Crippen molar-refractivity contribution in [2.24, 2.45) is 5.92 Å². The largest absolute Gasteiger partial charge is 0.323 e. The molecule has 146 valence electrons. The fourth-order valence-corrected chi connectivity index (χ4v) is 3.19. The topological polar surface area (TPSA) is 75.2 Å². The molecule has 1 aliphatic rings. The van der Waals surface area contributed by atoms with Crippen LogP contribution in [0.2, 0.25) is 0 Å². The number of aromatic nitrogens is 2. The zero-order chi connectivity index (χ0) is 20.4.